The molecule has 0 aromatic heterocycles. The molecule has 1 aliphatic carbocycles. The Hall–Kier alpha value is -2.24. The second-order valence-corrected chi connectivity index (χ2v) is 5.89. The van der Waals surface area contributed by atoms with E-state index in [9.17, 15) is 5.11 Å². The highest BCUT2D eigenvalue weighted by Gasteiger charge is 2.35. The molecule has 0 bridgehead atoms. The van der Waals surface area contributed by atoms with Crippen molar-refractivity contribution in [3.05, 3.63) is 53.1 Å². The van der Waals surface area contributed by atoms with Gasteiger partial charge in [-0.05, 0) is 46.5 Å². The molecule has 2 aromatic carbocycles. The van der Waals surface area contributed by atoms with E-state index in [0.29, 0.717) is 12.2 Å². The molecule has 0 fully saturated rings. The molecule has 120 valence electrons. The van der Waals surface area contributed by atoms with Crippen LogP contribution in [0.2, 0.25) is 0 Å². The molecule has 0 saturated carbocycles. The molecule has 0 aliphatic heterocycles. The molecule has 1 aliphatic rings. The van der Waals surface area contributed by atoms with Crippen LogP contribution >= 0.6 is 0 Å². The summed E-state index contributed by atoms with van der Waals surface area (Å²) in [6, 6.07) is 11.8. The number of phenols is 1. The smallest absolute Gasteiger partial charge is 0.115 e. The minimum absolute atomic E-state index is 0.0914. The summed E-state index contributed by atoms with van der Waals surface area (Å²) < 4.78 is 0. The van der Waals surface area contributed by atoms with Gasteiger partial charge in [-0.1, -0.05) is 51.7 Å². The lowest BCUT2D eigenvalue weighted by Crippen LogP contribution is -2.15. The lowest BCUT2D eigenvalue weighted by Gasteiger charge is -2.21. The van der Waals surface area contributed by atoms with Gasteiger partial charge in [-0.2, -0.15) is 0 Å². The zero-order valence-corrected chi connectivity index (χ0v) is 14.3. The van der Waals surface area contributed by atoms with Crippen LogP contribution in [0.1, 0.15) is 50.8 Å². The monoisotopic (exact) mass is 308 g/mol. The van der Waals surface area contributed by atoms with E-state index in [1.165, 1.54) is 16.7 Å². The molecular weight excluding hydrogens is 284 g/mol. The highest BCUT2D eigenvalue weighted by molar-refractivity contribution is 5.81. The van der Waals surface area contributed by atoms with E-state index in [-0.39, 0.29) is 12.0 Å². The predicted octanol–water partition coefficient (Wildman–Crippen LogP) is 4.46. The molecule has 0 radical (unpaired) electrons. The summed E-state index contributed by atoms with van der Waals surface area (Å²) in [5.74, 6) is 6.36. The maximum Gasteiger partial charge on any atom is 0.115 e. The van der Waals surface area contributed by atoms with E-state index in [2.05, 4.69) is 37.8 Å². The molecule has 2 heteroatoms. The van der Waals surface area contributed by atoms with Gasteiger partial charge in [-0.3, -0.25) is 0 Å². The molecule has 0 saturated heterocycles. The van der Waals surface area contributed by atoms with Crippen molar-refractivity contribution in [2.24, 2.45) is 0 Å². The predicted molar refractivity (Wildman–Crippen MR) is 95.6 cm³/mol. The maximum absolute atomic E-state index is 9.76. The fraction of sp³-hybridized carbons (Fsp3) is 0.333. The zero-order chi connectivity index (χ0) is 17.0. The third kappa shape index (κ3) is 3.11. The van der Waals surface area contributed by atoms with E-state index in [0.717, 1.165) is 11.1 Å². The molecule has 2 N–H and O–H groups in total. The maximum atomic E-state index is 9.76. The Balaban J connectivity index is 0.000000924. The fourth-order valence-corrected chi connectivity index (χ4v) is 3.02. The summed E-state index contributed by atoms with van der Waals surface area (Å²) in [5, 5.41) is 18.6. The lowest BCUT2D eigenvalue weighted by atomic mass is 9.82. The number of benzene rings is 2. The van der Waals surface area contributed by atoms with Gasteiger partial charge in [0.15, 0.2) is 0 Å². The quantitative estimate of drug-likeness (QED) is 0.764. The highest BCUT2D eigenvalue weighted by atomic mass is 16.3. The number of phenolic OH excluding ortho intramolecular Hbond substituents is 1. The van der Waals surface area contributed by atoms with Crippen LogP contribution in [0.25, 0.3) is 11.1 Å². The third-order valence-electron chi connectivity index (χ3n) is 4.13. The Morgan fingerprint density at radius 2 is 1.57 bits per heavy atom. The number of fused-ring (bicyclic) bond motifs is 3. The average Bonchev–Trinajstić information content (AvgIpc) is 2.77. The Morgan fingerprint density at radius 3 is 2.22 bits per heavy atom. The highest BCUT2D eigenvalue weighted by Crippen LogP contribution is 2.49. The summed E-state index contributed by atoms with van der Waals surface area (Å²) in [7, 11) is 0. The largest absolute Gasteiger partial charge is 0.508 e. The van der Waals surface area contributed by atoms with Gasteiger partial charge in [-0.25, -0.2) is 0 Å². The van der Waals surface area contributed by atoms with Gasteiger partial charge in [0.25, 0.3) is 0 Å². The summed E-state index contributed by atoms with van der Waals surface area (Å²) >= 11 is 0. The Morgan fingerprint density at radius 1 is 0.957 bits per heavy atom. The summed E-state index contributed by atoms with van der Waals surface area (Å²) in [5.41, 5.74) is 5.60. The number of hydrogen-bond acceptors (Lipinski definition) is 2. The summed E-state index contributed by atoms with van der Waals surface area (Å²) in [4.78, 5) is 0. The Labute approximate surface area is 138 Å². The first-order valence-corrected chi connectivity index (χ1v) is 8.12. The van der Waals surface area contributed by atoms with Crippen molar-refractivity contribution in [3.63, 3.8) is 0 Å². The Kier molecular flexibility index (Phi) is 5.13. The van der Waals surface area contributed by atoms with Crippen molar-refractivity contribution in [2.45, 2.75) is 39.5 Å². The second kappa shape index (κ2) is 6.89. The summed E-state index contributed by atoms with van der Waals surface area (Å²) in [6.07, 6.45) is 0.495. The van der Waals surface area contributed by atoms with Crippen molar-refractivity contribution < 1.29 is 10.2 Å². The van der Waals surface area contributed by atoms with Gasteiger partial charge in [-0.15, -0.1) is 0 Å². The molecule has 3 rings (SSSR count). The van der Waals surface area contributed by atoms with Crippen LogP contribution in [0, 0.1) is 11.8 Å². The molecule has 2 nitrogen and oxygen atoms in total. The van der Waals surface area contributed by atoms with Crippen molar-refractivity contribution in [1.29, 1.82) is 0 Å². The van der Waals surface area contributed by atoms with Crippen molar-refractivity contribution >= 4 is 0 Å². The fourth-order valence-electron chi connectivity index (χ4n) is 3.02. The van der Waals surface area contributed by atoms with Crippen LogP contribution in [0.3, 0.4) is 0 Å². The third-order valence-corrected chi connectivity index (χ3v) is 4.13. The van der Waals surface area contributed by atoms with E-state index in [4.69, 9.17) is 5.11 Å². The average molecular weight is 308 g/mol. The van der Waals surface area contributed by atoms with Crippen LogP contribution in [-0.2, 0) is 5.41 Å². The first-order valence-electron chi connectivity index (χ1n) is 8.12. The van der Waals surface area contributed by atoms with Crippen LogP contribution in [0.5, 0.6) is 5.75 Å². The standard InChI is InChI=1S/C19H18O2.C2H6/c1-19(2)17-11-13(5-3-4-10-20)6-8-15(17)16-9-7-14(21)12-18(16)19;1-2/h6-9,11-12,20-21H,4,10H2,1-2H3;1-2H3. The summed E-state index contributed by atoms with van der Waals surface area (Å²) in [6.45, 7) is 8.43. The molecule has 0 amide bonds. The first-order chi connectivity index (χ1) is 11.0. The molecule has 0 unspecified atom stereocenters. The van der Waals surface area contributed by atoms with Gasteiger partial charge in [0.2, 0.25) is 0 Å². The molecule has 0 heterocycles. The second-order valence-electron chi connectivity index (χ2n) is 5.89. The first kappa shape index (κ1) is 17.1. The molecule has 0 spiro atoms. The number of aliphatic hydroxyl groups is 1. The van der Waals surface area contributed by atoms with Gasteiger partial charge in [0.1, 0.15) is 5.75 Å². The van der Waals surface area contributed by atoms with Gasteiger partial charge >= 0.3 is 0 Å². The molecule has 0 atom stereocenters. The molecular formula is C21H24O2. The molecule has 23 heavy (non-hydrogen) atoms. The van der Waals surface area contributed by atoms with E-state index in [1.807, 2.05) is 32.0 Å². The van der Waals surface area contributed by atoms with E-state index in [1.54, 1.807) is 6.07 Å². The van der Waals surface area contributed by atoms with Crippen LogP contribution in [0.4, 0.5) is 0 Å². The van der Waals surface area contributed by atoms with E-state index < -0.39 is 0 Å². The van der Waals surface area contributed by atoms with Crippen molar-refractivity contribution in [1.82, 2.24) is 0 Å². The Bertz CT molecular complexity index is 761. The van der Waals surface area contributed by atoms with E-state index >= 15 is 0 Å². The number of hydrogen-bond donors (Lipinski definition) is 2. The van der Waals surface area contributed by atoms with Crippen LogP contribution in [0.15, 0.2) is 36.4 Å². The van der Waals surface area contributed by atoms with Gasteiger partial charge in [0, 0.05) is 17.4 Å². The van der Waals surface area contributed by atoms with Gasteiger partial charge < -0.3 is 10.2 Å². The zero-order valence-electron chi connectivity index (χ0n) is 14.3. The van der Waals surface area contributed by atoms with Crippen LogP contribution < -0.4 is 0 Å². The van der Waals surface area contributed by atoms with Crippen molar-refractivity contribution in [2.75, 3.05) is 6.61 Å². The SMILES string of the molecule is CC.CC1(C)c2cc(O)ccc2-c2ccc(C#CCCO)cc21. The number of aliphatic hydroxyl groups excluding tert-OH is 1. The molecule has 2 aromatic rings. The lowest BCUT2D eigenvalue weighted by molar-refractivity contribution is 0.305. The minimum Gasteiger partial charge on any atom is -0.508 e. The van der Waals surface area contributed by atoms with Crippen LogP contribution in [-0.4, -0.2) is 16.8 Å². The normalized spacial score (nSPS) is 13.1. The van der Waals surface area contributed by atoms with Gasteiger partial charge in [0.05, 0.1) is 6.61 Å². The number of rotatable bonds is 1. The number of aromatic hydroxyl groups is 1. The topological polar surface area (TPSA) is 40.5 Å². The minimum atomic E-state index is -0.141. The van der Waals surface area contributed by atoms with Crippen molar-refractivity contribution in [3.8, 4) is 28.7 Å².